The van der Waals surface area contributed by atoms with Crippen LogP contribution < -0.4 is 5.43 Å². The van der Waals surface area contributed by atoms with E-state index in [0.717, 1.165) is 27.2 Å². The van der Waals surface area contributed by atoms with Crippen LogP contribution in [0.4, 0.5) is 0 Å². The van der Waals surface area contributed by atoms with E-state index in [4.69, 9.17) is 0 Å². The van der Waals surface area contributed by atoms with Crippen LogP contribution in [-0.2, 0) is 0 Å². The molecule has 0 N–H and O–H groups in total. The summed E-state index contributed by atoms with van der Waals surface area (Å²) in [5.74, 6) is 0.834. The van der Waals surface area contributed by atoms with Gasteiger partial charge in [-0.05, 0) is 48.3 Å². The largest absolute Gasteiger partial charge is 0.303 e. The van der Waals surface area contributed by atoms with Gasteiger partial charge in [0.2, 0.25) is 0 Å². The van der Waals surface area contributed by atoms with Crippen LogP contribution in [0.2, 0.25) is 0 Å². The molecule has 0 aliphatic rings. The number of hydrogen-bond acceptors (Lipinski definition) is 2. The maximum atomic E-state index is 11.4. The molecule has 0 unspecified atom stereocenters. The lowest BCUT2D eigenvalue weighted by Gasteiger charge is -2.14. The highest BCUT2D eigenvalue weighted by Gasteiger charge is 2.06. The highest BCUT2D eigenvalue weighted by molar-refractivity contribution is 9.10. The monoisotopic (exact) mass is 292 g/mol. The summed E-state index contributed by atoms with van der Waals surface area (Å²) >= 11 is 3.43. The van der Waals surface area contributed by atoms with Crippen molar-refractivity contribution in [2.24, 2.45) is 0 Å². The van der Waals surface area contributed by atoms with Crippen molar-refractivity contribution in [3.63, 3.8) is 0 Å². The number of rotatable bonds is 1. The minimum Gasteiger partial charge on any atom is -0.303 e. The van der Waals surface area contributed by atoms with Crippen LogP contribution in [0.5, 0.6) is 0 Å². The second kappa shape index (κ2) is 4.45. The van der Waals surface area contributed by atoms with Gasteiger partial charge in [-0.3, -0.25) is 4.79 Å². The van der Waals surface area contributed by atoms with Gasteiger partial charge in [0.25, 0.3) is 0 Å². The lowest BCUT2D eigenvalue weighted by Crippen LogP contribution is -2.12. The summed E-state index contributed by atoms with van der Waals surface area (Å²) in [7, 11) is 0. The zero-order valence-electron chi connectivity index (χ0n) is 9.99. The van der Waals surface area contributed by atoms with Gasteiger partial charge < -0.3 is 4.57 Å². The molecule has 4 heteroatoms. The molecule has 0 atom stereocenters. The Balaban J connectivity index is 2.68. The minimum atomic E-state index is 0.0325. The molecule has 17 heavy (non-hydrogen) atoms. The molecule has 0 radical (unpaired) electrons. The van der Waals surface area contributed by atoms with Crippen molar-refractivity contribution in [3.05, 3.63) is 56.0 Å². The van der Waals surface area contributed by atoms with Crippen molar-refractivity contribution in [2.75, 3.05) is 0 Å². The maximum absolute atomic E-state index is 11.4. The predicted octanol–water partition coefficient (Wildman–Crippen LogP) is 2.92. The van der Waals surface area contributed by atoms with Gasteiger partial charge in [-0.25, -0.2) is 4.98 Å². The molecule has 2 aromatic heterocycles. The van der Waals surface area contributed by atoms with Gasteiger partial charge in [0.1, 0.15) is 5.82 Å². The molecule has 0 aliphatic carbocycles. The van der Waals surface area contributed by atoms with E-state index in [9.17, 15) is 4.79 Å². The Morgan fingerprint density at radius 2 is 1.71 bits per heavy atom. The van der Waals surface area contributed by atoms with Crippen molar-refractivity contribution >= 4 is 15.9 Å². The van der Waals surface area contributed by atoms with Crippen LogP contribution in [-0.4, -0.2) is 9.55 Å². The van der Waals surface area contributed by atoms with Crippen molar-refractivity contribution in [1.82, 2.24) is 9.55 Å². The average molecular weight is 293 g/mol. The van der Waals surface area contributed by atoms with E-state index >= 15 is 0 Å². The van der Waals surface area contributed by atoms with Crippen LogP contribution >= 0.6 is 15.9 Å². The topological polar surface area (TPSA) is 34.9 Å². The zero-order chi connectivity index (χ0) is 12.6. The Hall–Kier alpha value is -1.42. The molecular formula is C13H13BrN2O. The standard InChI is InChI=1S/C13H13BrN2O/c1-8-4-13(15-7-12(8)14)16-9(2)5-11(17)6-10(16)3/h4-7H,1-3H3. The second-order valence-electron chi connectivity index (χ2n) is 4.10. The molecule has 0 saturated carbocycles. The van der Waals surface area contributed by atoms with Crippen molar-refractivity contribution in [2.45, 2.75) is 20.8 Å². The third-order valence-electron chi connectivity index (χ3n) is 2.67. The van der Waals surface area contributed by atoms with Crippen LogP contribution in [0.1, 0.15) is 17.0 Å². The van der Waals surface area contributed by atoms with Gasteiger partial charge in [-0.2, -0.15) is 0 Å². The fourth-order valence-corrected chi connectivity index (χ4v) is 2.09. The fraction of sp³-hybridized carbons (Fsp3) is 0.231. The molecule has 2 aromatic rings. The summed E-state index contributed by atoms with van der Waals surface area (Å²) in [4.78, 5) is 15.7. The summed E-state index contributed by atoms with van der Waals surface area (Å²) in [6.07, 6.45) is 1.78. The third-order valence-corrected chi connectivity index (χ3v) is 3.50. The van der Waals surface area contributed by atoms with Crippen molar-refractivity contribution in [1.29, 1.82) is 0 Å². The Morgan fingerprint density at radius 1 is 1.12 bits per heavy atom. The molecule has 0 bridgehead atoms. The van der Waals surface area contributed by atoms with Gasteiger partial charge >= 0.3 is 0 Å². The molecule has 3 nitrogen and oxygen atoms in total. The third kappa shape index (κ3) is 2.31. The van der Waals surface area contributed by atoms with E-state index in [1.54, 1.807) is 18.3 Å². The molecule has 0 fully saturated rings. The predicted molar refractivity (Wildman–Crippen MR) is 71.7 cm³/mol. The quantitative estimate of drug-likeness (QED) is 0.810. The smallest absolute Gasteiger partial charge is 0.182 e. The molecule has 0 saturated heterocycles. The van der Waals surface area contributed by atoms with Gasteiger partial charge in [0.15, 0.2) is 5.43 Å². The first-order valence-electron chi connectivity index (χ1n) is 5.32. The van der Waals surface area contributed by atoms with Gasteiger partial charge in [0, 0.05) is 34.2 Å². The normalized spacial score (nSPS) is 10.6. The van der Waals surface area contributed by atoms with Crippen molar-refractivity contribution < 1.29 is 0 Å². The lowest BCUT2D eigenvalue weighted by atomic mass is 10.2. The van der Waals surface area contributed by atoms with Gasteiger partial charge in [-0.15, -0.1) is 0 Å². The first kappa shape index (κ1) is 12.0. The number of aryl methyl sites for hydroxylation is 3. The Kier molecular flexibility index (Phi) is 3.15. The van der Waals surface area contributed by atoms with E-state index in [-0.39, 0.29) is 5.43 Å². The van der Waals surface area contributed by atoms with E-state index in [1.807, 2.05) is 31.4 Å². The van der Waals surface area contributed by atoms with E-state index in [0.29, 0.717) is 0 Å². The number of pyridine rings is 2. The van der Waals surface area contributed by atoms with Crippen LogP contribution in [0.3, 0.4) is 0 Å². The highest BCUT2D eigenvalue weighted by atomic mass is 79.9. The average Bonchev–Trinajstić information content (AvgIpc) is 2.21. The zero-order valence-corrected chi connectivity index (χ0v) is 11.6. The summed E-state index contributed by atoms with van der Waals surface area (Å²) in [6.45, 7) is 5.84. The summed E-state index contributed by atoms with van der Waals surface area (Å²) in [6, 6.07) is 5.23. The fourth-order valence-electron chi connectivity index (χ4n) is 1.87. The van der Waals surface area contributed by atoms with Crippen LogP contribution in [0, 0.1) is 20.8 Å². The first-order chi connectivity index (χ1) is 7.99. The summed E-state index contributed by atoms with van der Waals surface area (Å²) in [5, 5.41) is 0. The molecule has 0 amide bonds. The minimum absolute atomic E-state index is 0.0325. The maximum Gasteiger partial charge on any atom is 0.182 e. The molecule has 2 rings (SSSR count). The van der Waals surface area contributed by atoms with Crippen LogP contribution in [0.25, 0.3) is 5.82 Å². The highest BCUT2D eigenvalue weighted by Crippen LogP contribution is 2.18. The molecule has 0 aromatic carbocycles. The summed E-state index contributed by atoms with van der Waals surface area (Å²) < 4.78 is 2.96. The second-order valence-corrected chi connectivity index (χ2v) is 4.96. The number of nitrogens with zero attached hydrogens (tertiary/aromatic N) is 2. The lowest BCUT2D eigenvalue weighted by molar-refractivity contribution is 0.883. The number of hydrogen-bond donors (Lipinski definition) is 0. The SMILES string of the molecule is Cc1cc(-n2c(C)cc(=O)cc2C)ncc1Br. The van der Waals surface area contributed by atoms with E-state index in [1.165, 1.54) is 0 Å². The summed E-state index contributed by atoms with van der Waals surface area (Å²) in [5.41, 5.74) is 2.94. The molecule has 88 valence electrons. The van der Waals surface area contributed by atoms with Gasteiger partial charge in [0.05, 0.1) is 0 Å². The number of aromatic nitrogens is 2. The molecule has 0 aliphatic heterocycles. The number of halogens is 1. The van der Waals surface area contributed by atoms with E-state index < -0.39 is 0 Å². The first-order valence-corrected chi connectivity index (χ1v) is 6.11. The molecular weight excluding hydrogens is 280 g/mol. The van der Waals surface area contributed by atoms with Crippen LogP contribution in [0.15, 0.2) is 33.7 Å². The van der Waals surface area contributed by atoms with Crippen molar-refractivity contribution in [3.8, 4) is 5.82 Å². The Bertz CT molecular complexity index is 606. The Labute approximate surface area is 108 Å². The Morgan fingerprint density at radius 3 is 2.24 bits per heavy atom. The van der Waals surface area contributed by atoms with Gasteiger partial charge in [-0.1, -0.05) is 0 Å². The molecule has 0 spiro atoms. The van der Waals surface area contributed by atoms with E-state index in [2.05, 4.69) is 20.9 Å². The molecule has 2 heterocycles.